The first kappa shape index (κ1) is 24.5. The number of rotatable bonds is 5. The van der Waals surface area contributed by atoms with E-state index in [0.29, 0.717) is 35.4 Å². The number of Topliss-reactive ketones (excluding diaryl/α,β-unsaturated/α-hetero) is 1. The van der Waals surface area contributed by atoms with E-state index in [4.69, 9.17) is 0 Å². The van der Waals surface area contributed by atoms with Crippen molar-refractivity contribution in [2.45, 2.75) is 31.6 Å². The lowest BCUT2D eigenvalue weighted by Gasteiger charge is -2.37. The summed E-state index contributed by atoms with van der Waals surface area (Å²) in [6.07, 6.45) is 1.07. The van der Waals surface area contributed by atoms with Gasteiger partial charge in [-0.3, -0.25) is 9.59 Å². The van der Waals surface area contributed by atoms with Crippen molar-refractivity contribution >= 4 is 23.1 Å². The third kappa shape index (κ3) is 4.92. The minimum Gasteiger partial charge on any atom is -0.378 e. The second kappa shape index (κ2) is 10.1. The van der Waals surface area contributed by atoms with E-state index in [9.17, 15) is 14.0 Å². The Morgan fingerprint density at radius 2 is 1.68 bits per heavy atom. The molecule has 188 valence electrons. The number of dihydropyridines is 1. The maximum atomic E-state index is 13.8. The molecule has 3 aromatic rings. The monoisotopic (exact) mass is 495 g/mol. The lowest BCUT2D eigenvalue weighted by Crippen LogP contribution is -2.37. The highest BCUT2D eigenvalue weighted by Crippen LogP contribution is 2.45. The third-order valence-corrected chi connectivity index (χ3v) is 7.17. The van der Waals surface area contributed by atoms with Gasteiger partial charge in [-0.2, -0.15) is 0 Å². The number of amides is 1. The number of halogens is 1. The van der Waals surface area contributed by atoms with Gasteiger partial charge in [-0.25, -0.2) is 4.39 Å². The Hall–Kier alpha value is -4.19. The van der Waals surface area contributed by atoms with Crippen LogP contribution in [0.5, 0.6) is 0 Å². The van der Waals surface area contributed by atoms with Crippen molar-refractivity contribution in [2.24, 2.45) is 0 Å². The zero-order chi connectivity index (χ0) is 26.1. The fourth-order valence-corrected chi connectivity index (χ4v) is 5.36. The van der Waals surface area contributed by atoms with E-state index in [1.54, 1.807) is 12.1 Å². The number of hydrogen-bond acceptors (Lipinski definition) is 4. The van der Waals surface area contributed by atoms with Crippen LogP contribution < -0.4 is 15.5 Å². The lowest BCUT2D eigenvalue weighted by molar-refractivity contribution is -0.116. The van der Waals surface area contributed by atoms with Gasteiger partial charge in [-0.05, 0) is 60.7 Å². The first-order chi connectivity index (χ1) is 17.8. The van der Waals surface area contributed by atoms with Gasteiger partial charge in [0.1, 0.15) is 5.82 Å². The highest BCUT2D eigenvalue weighted by Gasteiger charge is 2.40. The molecule has 2 unspecified atom stereocenters. The average Bonchev–Trinajstić information content (AvgIpc) is 2.88. The van der Waals surface area contributed by atoms with E-state index in [2.05, 4.69) is 22.8 Å². The second-order valence-electron chi connectivity index (χ2n) is 9.88. The summed E-state index contributed by atoms with van der Waals surface area (Å²) in [5.41, 5.74) is 6.06. The number of carbonyl (C=O) groups excluding carboxylic acids is 2. The number of anilines is 2. The molecule has 0 saturated heterocycles. The zero-order valence-electron chi connectivity index (χ0n) is 21.2. The first-order valence-electron chi connectivity index (χ1n) is 12.4. The van der Waals surface area contributed by atoms with Crippen molar-refractivity contribution in [2.75, 3.05) is 24.3 Å². The van der Waals surface area contributed by atoms with Gasteiger partial charge in [0, 0.05) is 60.3 Å². The molecule has 2 atom stereocenters. The highest BCUT2D eigenvalue weighted by atomic mass is 19.1. The minimum absolute atomic E-state index is 0.0350. The Kier molecular flexibility index (Phi) is 6.66. The largest absolute Gasteiger partial charge is 0.378 e. The molecule has 0 spiro atoms. The van der Waals surface area contributed by atoms with Crippen molar-refractivity contribution in [1.82, 2.24) is 5.32 Å². The molecule has 0 fully saturated rings. The fraction of sp³-hybridized carbons (Fsp3) is 0.226. The number of carbonyl (C=O) groups is 2. The first-order valence-corrected chi connectivity index (χ1v) is 12.4. The number of benzene rings is 3. The Labute approximate surface area is 216 Å². The molecule has 1 aliphatic heterocycles. The quantitative estimate of drug-likeness (QED) is 0.463. The summed E-state index contributed by atoms with van der Waals surface area (Å²) in [6.45, 7) is 1.86. The van der Waals surface area contributed by atoms with Gasteiger partial charge in [-0.15, -0.1) is 0 Å². The normalized spacial score (nSPS) is 19.3. The summed E-state index contributed by atoms with van der Waals surface area (Å²) in [7, 11) is 3.94. The predicted octanol–water partition coefficient (Wildman–Crippen LogP) is 5.89. The van der Waals surface area contributed by atoms with Crippen molar-refractivity contribution in [3.05, 3.63) is 118 Å². The number of nitrogens with one attached hydrogen (secondary N) is 2. The van der Waals surface area contributed by atoms with Crippen molar-refractivity contribution < 1.29 is 14.0 Å². The Morgan fingerprint density at radius 3 is 2.35 bits per heavy atom. The number of nitrogens with zero attached hydrogens (tertiary/aromatic N) is 1. The minimum atomic E-state index is -0.523. The van der Waals surface area contributed by atoms with E-state index in [1.165, 1.54) is 12.1 Å². The molecule has 0 bridgehead atoms. The van der Waals surface area contributed by atoms with Crippen LogP contribution >= 0.6 is 0 Å². The Balaban J connectivity index is 1.57. The van der Waals surface area contributed by atoms with Crippen molar-refractivity contribution in [3.8, 4) is 0 Å². The summed E-state index contributed by atoms with van der Waals surface area (Å²) in [6, 6.07) is 23.8. The molecule has 0 aromatic heterocycles. The van der Waals surface area contributed by atoms with Gasteiger partial charge in [0.25, 0.3) is 5.91 Å². The molecule has 3 aromatic carbocycles. The van der Waals surface area contributed by atoms with Crippen LogP contribution in [-0.2, 0) is 9.59 Å². The van der Waals surface area contributed by atoms with Crippen LogP contribution in [-0.4, -0.2) is 25.8 Å². The van der Waals surface area contributed by atoms with Crippen molar-refractivity contribution in [3.63, 3.8) is 0 Å². The van der Waals surface area contributed by atoms with Crippen LogP contribution in [0.2, 0.25) is 0 Å². The molecule has 5 nitrogen and oxygen atoms in total. The fourth-order valence-electron chi connectivity index (χ4n) is 5.36. The van der Waals surface area contributed by atoms with Crippen LogP contribution in [0, 0.1) is 5.82 Å². The van der Waals surface area contributed by atoms with Crippen molar-refractivity contribution in [1.29, 1.82) is 0 Å². The van der Waals surface area contributed by atoms with Gasteiger partial charge in [0.15, 0.2) is 5.78 Å². The van der Waals surface area contributed by atoms with E-state index in [-0.39, 0.29) is 17.6 Å². The molecule has 1 heterocycles. The van der Waals surface area contributed by atoms with Gasteiger partial charge < -0.3 is 15.5 Å². The molecule has 2 N–H and O–H groups in total. The second-order valence-corrected chi connectivity index (χ2v) is 9.88. The van der Waals surface area contributed by atoms with Gasteiger partial charge in [0.2, 0.25) is 0 Å². The molecule has 2 aliphatic rings. The van der Waals surface area contributed by atoms with E-state index in [0.717, 1.165) is 22.5 Å². The summed E-state index contributed by atoms with van der Waals surface area (Å²) >= 11 is 0. The molecular weight excluding hydrogens is 465 g/mol. The van der Waals surface area contributed by atoms with Crippen LogP contribution in [0.1, 0.15) is 42.7 Å². The topological polar surface area (TPSA) is 61.4 Å². The van der Waals surface area contributed by atoms with E-state index < -0.39 is 11.7 Å². The summed E-state index contributed by atoms with van der Waals surface area (Å²) in [4.78, 5) is 29.4. The summed E-state index contributed by atoms with van der Waals surface area (Å²) in [5, 5.41) is 6.24. The zero-order valence-corrected chi connectivity index (χ0v) is 21.2. The number of ketones is 1. The predicted molar refractivity (Wildman–Crippen MR) is 145 cm³/mol. The maximum Gasteiger partial charge on any atom is 0.254 e. The molecule has 6 heteroatoms. The molecule has 37 heavy (non-hydrogen) atoms. The molecule has 5 rings (SSSR count). The molecule has 1 aliphatic carbocycles. The third-order valence-electron chi connectivity index (χ3n) is 7.17. The van der Waals surface area contributed by atoms with E-state index >= 15 is 0 Å². The standard InChI is InChI=1S/C31H30FN3O2/c1-19-28(31(37)34-24-11-7-10-23(32)18-24)29(21-12-14-25(15-13-21)35(2)3)30-26(33-19)16-22(17-27(30)36)20-8-5-4-6-9-20/h4-15,18,22,29,33H,16-17H2,1-3H3,(H,34,37). The van der Waals surface area contributed by atoms with E-state index in [1.807, 2.05) is 68.4 Å². The van der Waals surface area contributed by atoms with Crippen LogP contribution in [0.4, 0.5) is 15.8 Å². The highest BCUT2D eigenvalue weighted by molar-refractivity contribution is 6.10. The molecule has 0 saturated carbocycles. The smallest absolute Gasteiger partial charge is 0.254 e. The number of hydrogen-bond donors (Lipinski definition) is 2. The Bertz CT molecular complexity index is 1410. The SMILES string of the molecule is CC1=C(C(=O)Nc2cccc(F)c2)C(c2ccc(N(C)C)cc2)C2=C(CC(c3ccccc3)CC2=O)N1. The van der Waals surface area contributed by atoms with Gasteiger partial charge >= 0.3 is 0 Å². The lowest BCUT2D eigenvalue weighted by atomic mass is 9.71. The van der Waals surface area contributed by atoms with Gasteiger partial charge in [0.05, 0.1) is 0 Å². The molecular formula is C31H30FN3O2. The van der Waals surface area contributed by atoms with Crippen LogP contribution in [0.15, 0.2) is 101 Å². The summed E-state index contributed by atoms with van der Waals surface area (Å²) in [5.74, 6) is -1.20. The van der Waals surface area contributed by atoms with Gasteiger partial charge in [-0.1, -0.05) is 48.5 Å². The maximum absolute atomic E-state index is 13.8. The summed E-state index contributed by atoms with van der Waals surface area (Å²) < 4.78 is 13.8. The van der Waals surface area contributed by atoms with Crippen LogP contribution in [0.3, 0.4) is 0 Å². The average molecular weight is 496 g/mol. The molecule has 0 radical (unpaired) electrons. The number of allylic oxidation sites excluding steroid dienone is 3. The molecule has 1 amide bonds. The Morgan fingerprint density at radius 1 is 0.946 bits per heavy atom. The van der Waals surface area contributed by atoms with Crippen LogP contribution in [0.25, 0.3) is 0 Å².